The molecular weight excluding hydrogens is 300 g/mol. The van der Waals surface area contributed by atoms with Crippen LogP contribution in [0.5, 0.6) is 0 Å². The SMILES string of the molecule is COC(=O)CCCn1c(=O)[nH]c(=O)c2[nH]c(C3CCCC3)nc21. The molecule has 23 heavy (non-hydrogen) atoms. The summed E-state index contributed by atoms with van der Waals surface area (Å²) in [5.41, 5.74) is -0.266. The monoisotopic (exact) mass is 320 g/mol. The Morgan fingerprint density at radius 2 is 2.04 bits per heavy atom. The second-order valence-corrected chi connectivity index (χ2v) is 5.89. The van der Waals surface area contributed by atoms with E-state index in [2.05, 4.69) is 19.7 Å². The number of aromatic amines is 2. The number of methoxy groups -OCH3 is 1. The molecule has 1 saturated carbocycles. The number of nitrogens with zero attached hydrogens (tertiary/aromatic N) is 2. The molecule has 0 aromatic carbocycles. The van der Waals surface area contributed by atoms with E-state index in [9.17, 15) is 14.4 Å². The molecule has 1 aliphatic rings. The van der Waals surface area contributed by atoms with Gasteiger partial charge in [-0.25, -0.2) is 9.78 Å². The maximum atomic E-state index is 12.1. The molecular formula is C15H20N4O4. The maximum Gasteiger partial charge on any atom is 0.330 e. The Balaban J connectivity index is 1.94. The zero-order chi connectivity index (χ0) is 16.4. The van der Waals surface area contributed by atoms with E-state index >= 15 is 0 Å². The van der Waals surface area contributed by atoms with Crippen molar-refractivity contribution in [1.82, 2.24) is 19.5 Å². The lowest BCUT2D eigenvalue weighted by Gasteiger charge is -2.05. The number of nitrogens with one attached hydrogen (secondary N) is 2. The van der Waals surface area contributed by atoms with Gasteiger partial charge in [0.05, 0.1) is 7.11 Å². The van der Waals surface area contributed by atoms with Crippen LogP contribution in [0.4, 0.5) is 0 Å². The minimum absolute atomic E-state index is 0.212. The average molecular weight is 320 g/mol. The van der Waals surface area contributed by atoms with E-state index in [1.54, 1.807) is 0 Å². The number of carbonyl (C=O) groups excluding carboxylic acids is 1. The van der Waals surface area contributed by atoms with Crippen LogP contribution in [0.1, 0.15) is 50.3 Å². The summed E-state index contributed by atoms with van der Waals surface area (Å²) in [7, 11) is 1.33. The molecule has 1 fully saturated rings. The lowest BCUT2D eigenvalue weighted by Crippen LogP contribution is -2.30. The van der Waals surface area contributed by atoms with Crippen LogP contribution >= 0.6 is 0 Å². The Labute approximate surface area is 131 Å². The Bertz CT molecular complexity index is 826. The zero-order valence-electron chi connectivity index (χ0n) is 13.1. The number of aromatic nitrogens is 4. The molecule has 2 aromatic rings. The molecule has 0 atom stereocenters. The van der Waals surface area contributed by atoms with Crippen molar-refractivity contribution in [3.05, 3.63) is 26.7 Å². The summed E-state index contributed by atoms with van der Waals surface area (Å²) in [5, 5.41) is 0. The summed E-state index contributed by atoms with van der Waals surface area (Å²) in [6.07, 6.45) is 5.06. The number of aryl methyl sites for hydroxylation is 1. The topological polar surface area (TPSA) is 110 Å². The summed E-state index contributed by atoms with van der Waals surface area (Å²) in [4.78, 5) is 45.1. The van der Waals surface area contributed by atoms with Crippen LogP contribution in [0.25, 0.3) is 11.2 Å². The van der Waals surface area contributed by atoms with E-state index in [-0.39, 0.29) is 12.4 Å². The first kappa shape index (κ1) is 15.5. The van der Waals surface area contributed by atoms with Gasteiger partial charge >= 0.3 is 11.7 Å². The van der Waals surface area contributed by atoms with Gasteiger partial charge < -0.3 is 9.72 Å². The van der Waals surface area contributed by atoms with Gasteiger partial charge in [0.2, 0.25) is 0 Å². The van der Waals surface area contributed by atoms with Crippen molar-refractivity contribution in [3.8, 4) is 0 Å². The number of hydrogen-bond acceptors (Lipinski definition) is 5. The summed E-state index contributed by atoms with van der Waals surface area (Å²) in [5.74, 6) is 0.767. The van der Waals surface area contributed by atoms with Crippen LogP contribution in [-0.4, -0.2) is 32.6 Å². The van der Waals surface area contributed by atoms with Crippen molar-refractivity contribution >= 4 is 17.1 Å². The summed E-state index contributed by atoms with van der Waals surface area (Å²) >= 11 is 0. The van der Waals surface area contributed by atoms with Gasteiger partial charge in [-0.05, 0) is 19.3 Å². The predicted molar refractivity (Wildman–Crippen MR) is 83.4 cm³/mol. The van der Waals surface area contributed by atoms with Crippen LogP contribution in [0.3, 0.4) is 0 Å². The number of hydrogen-bond donors (Lipinski definition) is 2. The van der Waals surface area contributed by atoms with Crippen LogP contribution in [0.15, 0.2) is 9.59 Å². The zero-order valence-corrected chi connectivity index (χ0v) is 13.1. The predicted octanol–water partition coefficient (Wildman–Crippen LogP) is 1.02. The highest BCUT2D eigenvalue weighted by molar-refractivity contribution is 5.70. The molecule has 0 radical (unpaired) electrons. The molecule has 0 aliphatic heterocycles. The van der Waals surface area contributed by atoms with Crippen LogP contribution in [-0.2, 0) is 16.1 Å². The molecule has 0 amide bonds. The highest BCUT2D eigenvalue weighted by Crippen LogP contribution is 2.32. The number of H-pyrrole nitrogens is 2. The van der Waals surface area contributed by atoms with Crippen molar-refractivity contribution in [1.29, 1.82) is 0 Å². The average Bonchev–Trinajstić information content (AvgIpc) is 3.18. The number of rotatable bonds is 5. The largest absolute Gasteiger partial charge is 0.469 e. The molecule has 0 spiro atoms. The third-order valence-corrected chi connectivity index (χ3v) is 4.38. The van der Waals surface area contributed by atoms with Gasteiger partial charge in [0.25, 0.3) is 5.56 Å². The Hall–Kier alpha value is -2.38. The molecule has 124 valence electrons. The van der Waals surface area contributed by atoms with E-state index in [4.69, 9.17) is 0 Å². The first-order valence-corrected chi connectivity index (χ1v) is 7.89. The van der Waals surface area contributed by atoms with E-state index in [1.165, 1.54) is 11.7 Å². The smallest absolute Gasteiger partial charge is 0.330 e. The van der Waals surface area contributed by atoms with Crippen molar-refractivity contribution in [2.75, 3.05) is 7.11 Å². The second-order valence-electron chi connectivity index (χ2n) is 5.89. The minimum Gasteiger partial charge on any atom is -0.469 e. The highest BCUT2D eigenvalue weighted by atomic mass is 16.5. The molecule has 2 N–H and O–H groups in total. The van der Waals surface area contributed by atoms with Crippen LogP contribution < -0.4 is 11.2 Å². The van der Waals surface area contributed by atoms with Crippen molar-refractivity contribution in [3.63, 3.8) is 0 Å². The summed E-state index contributed by atoms with van der Waals surface area (Å²) in [6.45, 7) is 0.302. The molecule has 0 bridgehead atoms. The molecule has 3 rings (SSSR count). The van der Waals surface area contributed by atoms with Gasteiger partial charge in [-0.15, -0.1) is 0 Å². The molecule has 2 heterocycles. The number of esters is 1. The summed E-state index contributed by atoms with van der Waals surface area (Å²) < 4.78 is 6.00. The fraction of sp³-hybridized carbons (Fsp3) is 0.600. The lowest BCUT2D eigenvalue weighted by atomic mass is 10.1. The molecule has 8 heteroatoms. The molecule has 8 nitrogen and oxygen atoms in total. The molecule has 2 aromatic heterocycles. The fourth-order valence-electron chi connectivity index (χ4n) is 3.14. The van der Waals surface area contributed by atoms with Gasteiger partial charge in [0, 0.05) is 18.9 Å². The second kappa shape index (κ2) is 6.39. The van der Waals surface area contributed by atoms with Crippen LogP contribution in [0, 0.1) is 0 Å². The van der Waals surface area contributed by atoms with Crippen molar-refractivity contribution in [2.24, 2.45) is 0 Å². The highest BCUT2D eigenvalue weighted by Gasteiger charge is 2.22. The quantitative estimate of drug-likeness (QED) is 0.799. The van der Waals surface area contributed by atoms with Crippen LogP contribution in [0.2, 0.25) is 0 Å². The molecule has 1 aliphatic carbocycles. The Morgan fingerprint density at radius 1 is 1.30 bits per heavy atom. The number of fused-ring (bicyclic) bond motifs is 1. The summed E-state index contributed by atoms with van der Waals surface area (Å²) in [6, 6.07) is 0. The van der Waals surface area contributed by atoms with Gasteiger partial charge in [0.15, 0.2) is 5.65 Å². The molecule has 0 saturated heterocycles. The Kier molecular flexibility index (Phi) is 4.31. The maximum absolute atomic E-state index is 12.1. The van der Waals surface area contributed by atoms with Crippen molar-refractivity contribution in [2.45, 2.75) is 51.0 Å². The first-order valence-electron chi connectivity index (χ1n) is 7.89. The van der Waals surface area contributed by atoms with Gasteiger partial charge in [-0.1, -0.05) is 12.8 Å². The van der Waals surface area contributed by atoms with E-state index in [1.807, 2.05) is 0 Å². The van der Waals surface area contributed by atoms with E-state index in [0.29, 0.717) is 30.0 Å². The number of carbonyl (C=O) groups is 1. The standard InChI is InChI=1S/C15H20N4O4/c1-23-10(20)7-4-8-19-13-11(14(21)18-15(19)22)16-12(17-13)9-5-2-3-6-9/h9H,2-8H2,1H3,(H,16,17)(H,18,21,22). The third kappa shape index (κ3) is 3.06. The normalized spacial score (nSPS) is 15.3. The Morgan fingerprint density at radius 3 is 2.74 bits per heavy atom. The van der Waals surface area contributed by atoms with E-state index < -0.39 is 11.2 Å². The number of ether oxygens (including phenoxy) is 1. The van der Waals surface area contributed by atoms with Gasteiger partial charge in [-0.2, -0.15) is 0 Å². The first-order chi connectivity index (χ1) is 11.1. The van der Waals surface area contributed by atoms with Gasteiger partial charge in [0.1, 0.15) is 11.3 Å². The molecule has 0 unspecified atom stereocenters. The van der Waals surface area contributed by atoms with E-state index in [0.717, 1.165) is 31.5 Å². The minimum atomic E-state index is -0.503. The van der Waals surface area contributed by atoms with Gasteiger partial charge in [-0.3, -0.25) is 19.1 Å². The van der Waals surface area contributed by atoms with Crippen molar-refractivity contribution < 1.29 is 9.53 Å². The lowest BCUT2D eigenvalue weighted by molar-refractivity contribution is -0.140. The third-order valence-electron chi connectivity index (χ3n) is 4.38. The number of imidazole rings is 1. The fourth-order valence-corrected chi connectivity index (χ4v) is 3.14.